The lowest BCUT2D eigenvalue weighted by atomic mass is 9.86. The van der Waals surface area contributed by atoms with Crippen LogP contribution in [0.1, 0.15) is 78.1 Å². The Hall–Kier alpha value is -0.290. The third kappa shape index (κ3) is 8.37. The fraction of sp³-hybridized carbons (Fsp3) is 1.00. The molecule has 0 saturated carbocycles. The van der Waals surface area contributed by atoms with Crippen LogP contribution in [0.5, 0.6) is 0 Å². The van der Waals surface area contributed by atoms with Crippen molar-refractivity contribution in [1.29, 1.82) is 0 Å². The number of hydrogen-bond acceptors (Lipinski definition) is 2. The normalized spacial score (nSPS) is 14.3. The molecule has 0 aliphatic rings. The van der Waals surface area contributed by atoms with Crippen molar-refractivity contribution in [3.05, 3.63) is 0 Å². The van der Waals surface area contributed by atoms with Crippen LogP contribution >= 0.6 is 0 Å². The topological polar surface area (TPSA) is 18.5 Å². The number of alkyl halides is 3. The largest absolute Gasteiger partial charge is 0.389 e. The highest BCUT2D eigenvalue weighted by molar-refractivity contribution is 4.79. The Kier molecular flexibility index (Phi) is 11.1. The lowest BCUT2D eigenvalue weighted by Crippen LogP contribution is -2.42. The van der Waals surface area contributed by atoms with Gasteiger partial charge in [0.25, 0.3) is 0 Å². The average molecular weight is 326 g/mol. The van der Waals surface area contributed by atoms with Gasteiger partial charge in [-0.05, 0) is 19.3 Å². The average Bonchev–Trinajstić information content (AvgIpc) is 2.48. The van der Waals surface area contributed by atoms with Gasteiger partial charge >= 0.3 is 6.18 Å². The molecule has 0 fully saturated rings. The van der Waals surface area contributed by atoms with Crippen molar-refractivity contribution in [2.45, 2.75) is 90.0 Å². The highest BCUT2D eigenvalue weighted by Crippen LogP contribution is 2.36. The summed E-state index contributed by atoms with van der Waals surface area (Å²) in [5, 5.41) is 0. The summed E-state index contributed by atoms with van der Waals surface area (Å²) in [5.74, 6) is -1.12. The monoisotopic (exact) mass is 326 g/mol. The first kappa shape index (κ1) is 21.7. The van der Waals surface area contributed by atoms with Crippen LogP contribution in [0, 0.1) is 5.92 Å². The third-order valence-electron chi connectivity index (χ3n) is 4.49. The summed E-state index contributed by atoms with van der Waals surface area (Å²) >= 11 is 0. The van der Waals surface area contributed by atoms with Crippen molar-refractivity contribution in [2.75, 3.05) is 14.2 Å². The molecule has 1 atom stereocenters. The predicted octanol–water partition coefficient (Wildman–Crippen LogP) is 6.09. The first-order valence-electron chi connectivity index (χ1n) is 8.52. The second-order valence-corrected chi connectivity index (χ2v) is 5.98. The molecule has 0 radical (unpaired) electrons. The summed E-state index contributed by atoms with van der Waals surface area (Å²) in [5.41, 5.74) is 0. The van der Waals surface area contributed by atoms with Gasteiger partial charge in [0.2, 0.25) is 0 Å². The molecule has 0 aromatic carbocycles. The molecule has 0 aliphatic carbocycles. The van der Waals surface area contributed by atoms with Gasteiger partial charge < -0.3 is 9.47 Å². The number of hydrogen-bond donors (Lipinski definition) is 0. The zero-order chi connectivity index (χ0) is 17.1. The van der Waals surface area contributed by atoms with E-state index in [0.29, 0.717) is 6.42 Å². The minimum atomic E-state index is -4.12. The van der Waals surface area contributed by atoms with Crippen LogP contribution in [-0.4, -0.2) is 26.2 Å². The van der Waals surface area contributed by atoms with E-state index in [-0.39, 0.29) is 12.3 Å². The molecule has 0 amide bonds. The Balaban J connectivity index is 4.51. The second-order valence-electron chi connectivity index (χ2n) is 5.98. The van der Waals surface area contributed by atoms with E-state index in [1.165, 1.54) is 33.5 Å². The van der Waals surface area contributed by atoms with E-state index in [1.807, 2.05) is 6.92 Å². The lowest BCUT2D eigenvalue weighted by molar-refractivity contribution is -0.248. The SMILES string of the molecule is CCCCCCCCC(CCC(F)(F)F)C(CC)(OC)OC. The van der Waals surface area contributed by atoms with E-state index >= 15 is 0 Å². The molecule has 0 aliphatic heterocycles. The van der Waals surface area contributed by atoms with E-state index in [4.69, 9.17) is 9.47 Å². The summed E-state index contributed by atoms with van der Waals surface area (Å²) in [6, 6.07) is 0. The number of rotatable bonds is 13. The minimum absolute atomic E-state index is 0.0635. The summed E-state index contributed by atoms with van der Waals surface area (Å²) in [6.07, 6.45) is 3.21. The van der Waals surface area contributed by atoms with Gasteiger partial charge in [-0.3, -0.25) is 0 Å². The molecular weight excluding hydrogens is 293 g/mol. The van der Waals surface area contributed by atoms with Crippen molar-refractivity contribution >= 4 is 0 Å². The predicted molar refractivity (Wildman–Crippen MR) is 83.8 cm³/mol. The summed E-state index contributed by atoms with van der Waals surface area (Å²) in [4.78, 5) is 0. The maximum absolute atomic E-state index is 12.6. The zero-order valence-electron chi connectivity index (χ0n) is 14.6. The van der Waals surface area contributed by atoms with E-state index in [9.17, 15) is 13.2 Å². The highest BCUT2D eigenvalue weighted by Gasteiger charge is 2.39. The van der Waals surface area contributed by atoms with Gasteiger partial charge in [0, 0.05) is 26.6 Å². The summed E-state index contributed by atoms with van der Waals surface area (Å²) in [6.45, 7) is 4.06. The number of unbranched alkanes of at least 4 members (excludes halogenated alkanes) is 5. The molecule has 0 aromatic rings. The highest BCUT2D eigenvalue weighted by atomic mass is 19.4. The number of halogens is 3. The summed E-state index contributed by atoms with van der Waals surface area (Å²) < 4.78 is 48.6. The van der Waals surface area contributed by atoms with Gasteiger partial charge in [0.05, 0.1) is 0 Å². The number of ether oxygens (including phenoxy) is 2. The first-order chi connectivity index (χ1) is 10.3. The van der Waals surface area contributed by atoms with Gasteiger partial charge in [0.1, 0.15) is 0 Å². The standard InChI is InChI=1S/C17H33F3O2/c1-5-7-8-9-10-11-12-15(13-14-17(18,19)20)16(6-2,21-3)22-4/h15H,5-14H2,1-4H3. The fourth-order valence-electron chi connectivity index (χ4n) is 3.09. The third-order valence-corrected chi connectivity index (χ3v) is 4.49. The summed E-state index contributed by atoms with van der Waals surface area (Å²) in [7, 11) is 3.05. The van der Waals surface area contributed by atoms with E-state index in [1.54, 1.807) is 0 Å². The van der Waals surface area contributed by atoms with Crippen molar-refractivity contribution in [1.82, 2.24) is 0 Å². The van der Waals surface area contributed by atoms with Crippen LogP contribution in [0.15, 0.2) is 0 Å². The molecular formula is C17H33F3O2. The van der Waals surface area contributed by atoms with Crippen LogP contribution < -0.4 is 0 Å². The van der Waals surface area contributed by atoms with E-state index in [2.05, 4.69) is 6.92 Å². The van der Waals surface area contributed by atoms with Gasteiger partial charge in [0.15, 0.2) is 5.79 Å². The van der Waals surface area contributed by atoms with Crippen molar-refractivity contribution in [2.24, 2.45) is 5.92 Å². The van der Waals surface area contributed by atoms with Crippen molar-refractivity contribution in [3.63, 3.8) is 0 Å². The minimum Gasteiger partial charge on any atom is -0.353 e. The molecule has 2 nitrogen and oxygen atoms in total. The Bertz CT molecular complexity index is 255. The molecule has 0 spiro atoms. The lowest BCUT2D eigenvalue weighted by Gasteiger charge is -2.38. The molecule has 0 aromatic heterocycles. The molecule has 5 heteroatoms. The van der Waals surface area contributed by atoms with E-state index in [0.717, 1.165) is 25.7 Å². The van der Waals surface area contributed by atoms with Crippen LogP contribution in [0.25, 0.3) is 0 Å². The van der Waals surface area contributed by atoms with Crippen LogP contribution in [0.4, 0.5) is 13.2 Å². The molecule has 1 unspecified atom stereocenters. The molecule has 0 N–H and O–H groups in total. The smallest absolute Gasteiger partial charge is 0.353 e. The zero-order valence-corrected chi connectivity index (χ0v) is 14.6. The maximum atomic E-state index is 12.6. The van der Waals surface area contributed by atoms with Gasteiger partial charge in [-0.25, -0.2) is 0 Å². The van der Waals surface area contributed by atoms with Gasteiger partial charge in [-0.1, -0.05) is 52.4 Å². The molecule has 134 valence electrons. The quantitative estimate of drug-likeness (QED) is 0.301. The first-order valence-corrected chi connectivity index (χ1v) is 8.52. The second kappa shape index (κ2) is 11.3. The Morgan fingerprint density at radius 1 is 0.818 bits per heavy atom. The fourth-order valence-corrected chi connectivity index (χ4v) is 3.09. The molecule has 0 saturated heterocycles. The van der Waals surface area contributed by atoms with Crippen molar-refractivity contribution in [3.8, 4) is 0 Å². The van der Waals surface area contributed by atoms with E-state index < -0.39 is 18.4 Å². The molecule has 0 heterocycles. The Morgan fingerprint density at radius 2 is 1.36 bits per heavy atom. The van der Waals surface area contributed by atoms with Gasteiger partial charge in [-0.2, -0.15) is 13.2 Å². The Morgan fingerprint density at radius 3 is 1.82 bits per heavy atom. The molecule has 0 rings (SSSR count). The molecule has 0 bridgehead atoms. The Labute approximate surface area is 133 Å². The maximum Gasteiger partial charge on any atom is 0.389 e. The van der Waals surface area contributed by atoms with Crippen molar-refractivity contribution < 1.29 is 22.6 Å². The number of methoxy groups -OCH3 is 2. The van der Waals surface area contributed by atoms with Crippen LogP contribution in [0.3, 0.4) is 0 Å². The van der Waals surface area contributed by atoms with Crippen LogP contribution in [-0.2, 0) is 9.47 Å². The van der Waals surface area contributed by atoms with Gasteiger partial charge in [-0.15, -0.1) is 0 Å². The molecule has 22 heavy (non-hydrogen) atoms. The van der Waals surface area contributed by atoms with Crippen LogP contribution in [0.2, 0.25) is 0 Å².